The molecule has 1 aromatic heterocycles. The number of hydrogen-bond donors (Lipinski definition) is 7. The van der Waals surface area contributed by atoms with Crippen molar-refractivity contribution < 1.29 is 53.9 Å². The number of fused-ring (bicyclic) bond motifs is 1. The lowest BCUT2D eigenvalue weighted by atomic mass is 9.98. The van der Waals surface area contributed by atoms with Gasteiger partial charge in [0, 0.05) is 50.0 Å². The molecule has 7 N–H and O–H groups in total. The maximum atomic E-state index is 15.3. The van der Waals surface area contributed by atoms with E-state index in [-0.39, 0.29) is 61.2 Å². The average molecular weight is 1030 g/mol. The zero-order valence-electron chi connectivity index (χ0n) is 44.5. The first-order valence-corrected chi connectivity index (χ1v) is 25.1. The van der Waals surface area contributed by atoms with E-state index >= 15 is 4.79 Å². The molecule has 404 valence electrons. The number of amides is 7. The molecule has 3 aromatic rings. The Morgan fingerprint density at radius 3 is 1.88 bits per heavy atom. The molecule has 0 saturated carbocycles. The van der Waals surface area contributed by atoms with Gasteiger partial charge in [0.25, 0.3) is 0 Å². The van der Waals surface area contributed by atoms with E-state index < -0.39 is 107 Å². The number of nitrogens with one attached hydrogen (secondary N) is 5. The standard InChI is InChI=1S/C54H77N9O11/c1-13-15-19-38-47(66)59-41(28-36-29-62(54(9,10)14-2)42-20-17-16-18-37(36)42)53(72)61(12)44(24-32(5)6)50(69)58-40(26-35-21-22-46(65)43(27-35)63(73)74)48(67)55-34(8)52(71)60(11)45(25-33(7)30-64)51(70)57-39(23-31(3)4)49(68)56-38/h13-18,20-22,27,29-34,38-41,44-45,65,73-74H,2,19,23-26,28H2,1,3-12H3,(H,55,67)(H,56,68)(H,57,70)(H,58,69)(H,59,66)/p-1. The van der Waals surface area contributed by atoms with Crippen LogP contribution in [0.2, 0.25) is 0 Å². The highest BCUT2D eigenvalue weighted by atomic mass is 16.8. The van der Waals surface area contributed by atoms with Crippen LogP contribution >= 0.6 is 0 Å². The number of allylic oxidation sites excluding steroid dienone is 2. The van der Waals surface area contributed by atoms with Crippen LogP contribution in [0.4, 0.5) is 5.69 Å². The fourth-order valence-electron chi connectivity index (χ4n) is 8.96. The fraction of sp³-hybridized carbons (Fsp3) is 0.519. The Kier molecular flexibility index (Phi) is 21.1. The highest BCUT2D eigenvalue weighted by molar-refractivity contribution is 5.99. The molecule has 1 saturated heterocycles. The van der Waals surface area contributed by atoms with Gasteiger partial charge in [-0.3, -0.25) is 44.0 Å². The van der Waals surface area contributed by atoms with Crippen LogP contribution in [-0.2, 0) is 56.7 Å². The van der Waals surface area contributed by atoms with Crippen LogP contribution in [0.3, 0.4) is 0 Å². The second kappa shape index (κ2) is 26.2. The Labute approximate surface area is 433 Å². The van der Waals surface area contributed by atoms with Crippen LogP contribution in [0.5, 0.6) is 5.75 Å². The molecular weight excluding hydrogens is 951 g/mol. The predicted molar refractivity (Wildman–Crippen MR) is 277 cm³/mol. The van der Waals surface area contributed by atoms with E-state index in [4.69, 9.17) is 0 Å². The summed E-state index contributed by atoms with van der Waals surface area (Å²) < 4.78 is 2.01. The van der Waals surface area contributed by atoms with E-state index in [0.29, 0.717) is 11.8 Å². The lowest BCUT2D eigenvalue weighted by Crippen LogP contribution is -2.60. The molecule has 2 heterocycles. The summed E-state index contributed by atoms with van der Waals surface area (Å²) in [4.78, 5) is 117. The Morgan fingerprint density at radius 1 is 0.730 bits per heavy atom. The van der Waals surface area contributed by atoms with E-state index in [2.05, 4.69) is 33.2 Å². The van der Waals surface area contributed by atoms with Gasteiger partial charge >= 0.3 is 0 Å². The van der Waals surface area contributed by atoms with E-state index in [9.17, 15) is 49.1 Å². The number of carbonyl (C=O) groups is 8. The molecule has 1 aliphatic rings. The third kappa shape index (κ3) is 15.3. The minimum Gasteiger partial charge on any atom is -0.871 e. The number of aromatic nitrogens is 1. The second-order valence-corrected chi connectivity index (χ2v) is 20.7. The van der Waals surface area contributed by atoms with Crippen molar-refractivity contribution >= 4 is 64.2 Å². The summed E-state index contributed by atoms with van der Waals surface area (Å²) in [5, 5.41) is 46.3. The van der Waals surface area contributed by atoms with Crippen molar-refractivity contribution in [2.24, 2.45) is 17.8 Å². The van der Waals surface area contributed by atoms with Crippen molar-refractivity contribution in [3.63, 3.8) is 0 Å². The van der Waals surface area contributed by atoms with Crippen LogP contribution in [0.15, 0.2) is 73.5 Å². The molecule has 1 aliphatic heterocycles. The maximum absolute atomic E-state index is 15.3. The van der Waals surface area contributed by atoms with Gasteiger partial charge < -0.3 is 50.9 Å². The van der Waals surface area contributed by atoms with Crippen molar-refractivity contribution in [3.05, 3.63) is 84.6 Å². The van der Waals surface area contributed by atoms with Crippen molar-refractivity contribution in [1.82, 2.24) is 41.0 Å². The van der Waals surface area contributed by atoms with Gasteiger partial charge in [-0.2, -0.15) is 0 Å². The topological polar surface area (TPSA) is 275 Å². The number of benzene rings is 2. The number of aldehydes is 1. The molecule has 0 bridgehead atoms. The minimum absolute atomic E-state index is 0.0247. The van der Waals surface area contributed by atoms with Gasteiger partial charge in [-0.05, 0) is 88.5 Å². The molecule has 20 nitrogen and oxygen atoms in total. The molecular formula is C54H76N9O11-. The molecule has 0 spiro atoms. The van der Waals surface area contributed by atoms with E-state index in [1.807, 2.05) is 76.6 Å². The summed E-state index contributed by atoms with van der Waals surface area (Å²) in [7, 11) is 2.73. The molecule has 8 atom stereocenters. The number of likely N-dealkylation sites (N-methyl/N-ethyl adjacent to an activating group) is 2. The van der Waals surface area contributed by atoms with Crippen molar-refractivity contribution in [3.8, 4) is 5.75 Å². The van der Waals surface area contributed by atoms with E-state index in [1.54, 1.807) is 32.1 Å². The minimum atomic E-state index is -1.53. The van der Waals surface area contributed by atoms with Crippen molar-refractivity contribution in [2.75, 3.05) is 19.3 Å². The smallest absolute Gasteiger partial charge is 0.245 e. The summed E-state index contributed by atoms with van der Waals surface area (Å²) >= 11 is 0. The van der Waals surface area contributed by atoms with Crippen molar-refractivity contribution in [1.29, 1.82) is 0 Å². The number of anilines is 1. The summed E-state index contributed by atoms with van der Waals surface area (Å²) in [5.74, 6) is -7.33. The number of nitrogens with zero attached hydrogens (tertiary/aromatic N) is 4. The first-order valence-electron chi connectivity index (χ1n) is 25.1. The van der Waals surface area contributed by atoms with Gasteiger partial charge in [-0.25, -0.2) is 0 Å². The first-order chi connectivity index (χ1) is 34.7. The monoisotopic (exact) mass is 1030 g/mol. The van der Waals surface area contributed by atoms with Gasteiger partial charge in [0.1, 0.15) is 48.6 Å². The quantitative estimate of drug-likeness (QED) is 0.0618. The summed E-state index contributed by atoms with van der Waals surface area (Å²) in [6.45, 7) is 20.0. The van der Waals surface area contributed by atoms with Gasteiger partial charge in [0.05, 0.1) is 11.2 Å². The Bertz CT molecular complexity index is 2550. The Balaban J connectivity index is 1.97. The van der Waals surface area contributed by atoms with Gasteiger partial charge in [-0.1, -0.05) is 88.9 Å². The lowest BCUT2D eigenvalue weighted by Gasteiger charge is -2.33. The van der Waals surface area contributed by atoms with Crippen molar-refractivity contribution in [2.45, 2.75) is 149 Å². The van der Waals surface area contributed by atoms with Crippen LogP contribution in [0.1, 0.15) is 99.1 Å². The Morgan fingerprint density at radius 2 is 1.28 bits per heavy atom. The number of rotatable bonds is 16. The molecule has 0 radical (unpaired) electrons. The SMILES string of the molecule is C=CC(C)(C)n1cc(CC2NC(=O)C(CC=CC)NC(=O)C(CC(C)C)NC(=O)C(CC(C)C=O)N(C)C(=O)C(C)NC(=O)C(Cc3ccc([O-])c(N(O)O)c3)NC(=O)C(CC(C)C)N(C)C2=O)c2ccccc21. The lowest BCUT2D eigenvalue weighted by molar-refractivity contribution is -0.268. The highest BCUT2D eigenvalue weighted by Gasteiger charge is 2.39. The number of hydrogen-bond acceptors (Lipinski definition) is 12. The third-order valence-electron chi connectivity index (χ3n) is 13.3. The molecule has 8 unspecified atom stereocenters. The van der Waals surface area contributed by atoms with Gasteiger partial charge in [0.15, 0.2) is 0 Å². The molecule has 1 fully saturated rings. The maximum Gasteiger partial charge on any atom is 0.245 e. The number of para-hydroxylation sites is 1. The molecule has 4 rings (SSSR count). The Hall–Kier alpha value is -7.06. The molecule has 2 aromatic carbocycles. The second-order valence-electron chi connectivity index (χ2n) is 20.7. The van der Waals surface area contributed by atoms with E-state index in [1.165, 1.54) is 32.0 Å². The third-order valence-corrected chi connectivity index (χ3v) is 13.3. The summed E-state index contributed by atoms with van der Waals surface area (Å²) in [5.41, 5.74) is 0.540. The number of carbonyl (C=O) groups excluding carboxylic acids is 8. The van der Waals surface area contributed by atoms with Gasteiger partial charge in [0.2, 0.25) is 41.4 Å². The normalized spacial score (nSPS) is 23.0. The summed E-state index contributed by atoms with van der Waals surface area (Å²) in [6.07, 6.45) is 7.16. The predicted octanol–water partition coefficient (Wildman–Crippen LogP) is 3.40. The van der Waals surface area contributed by atoms with E-state index in [0.717, 1.165) is 27.9 Å². The fourth-order valence-corrected chi connectivity index (χ4v) is 8.96. The van der Waals surface area contributed by atoms with Crippen LogP contribution < -0.4 is 36.9 Å². The summed E-state index contributed by atoms with van der Waals surface area (Å²) in [6, 6.07) is 1.61. The van der Waals surface area contributed by atoms with Crippen LogP contribution in [-0.4, -0.2) is 129 Å². The van der Waals surface area contributed by atoms with Crippen LogP contribution in [0, 0.1) is 17.8 Å². The largest absolute Gasteiger partial charge is 0.871 e. The highest BCUT2D eigenvalue weighted by Crippen LogP contribution is 2.30. The zero-order valence-corrected chi connectivity index (χ0v) is 44.5. The first kappa shape index (κ1) is 59.5. The molecule has 20 heteroatoms. The van der Waals surface area contributed by atoms with Crippen LogP contribution in [0.25, 0.3) is 10.9 Å². The average Bonchev–Trinajstić information content (AvgIpc) is 3.73. The molecule has 0 aliphatic carbocycles. The molecule has 7 amide bonds. The molecule has 74 heavy (non-hydrogen) atoms. The van der Waals surface area contributed by atoms with Gasteiger partial charge in [-0.15, -0.1) is 11.8 Å². The zero-order chi connectivity index (χ0) is 55.4.